The van der Waals surface area contributed by atoms with Gasteiger partial charge in [0.2, 0.25) is 11.6 Å². The van der Waals surface area contributed by atoms with Crippen molar-refractivity contribution in [3.63, 3.8) is 0 Å². The van der Waals surface area contributed by atoms with Crippen LogP contribution in [-0.4, -0.2) is 0 Å². The van der Waals surface area contributed by atoms with Gasteiger partial charge < -0.3 is 0 Å². The summed E-state index contributed by atoms with van der Waals surface area (Å²) in [5.41, 5.74) is -10.1. The van der Waals surface area contributed by atoms with Crippen molar-refractivity contribution < 1.29 is 61.5 Å². The second kappa shape index (κ2) is 11.9. The summed E-state index contributed by atoms with van der Waals surface area (Å²) in [6, 6.07) is 9.71. The molecule has 5 aromatic rings. The quantitative estimate of drug-likeness (QED) is 0.101. The minimum absolute atomic E-state index is 0.401. The molecule has 5 aromatic carbocycles. The van der Waals surface area contributed by atoms with Gasteiger partial charge in [-0.3, -0.25) is 9.80 Å². The van der Waals surface area contributed by atoms with Crippen LogP contribution in [0.3, 0.4) is 0 Å². The zero-order valence-electron chi connectivity index (χ0n) is 22.0. The number of para-hydroxylation sites is 2. The summed E-state index contributed by atoms with van der Waals surface area (Å²) in [4.78, 5) is -0.801. The molecule has 2 nitrogen and oxygen atoms in total. The van der Waals surface area contributed by atoms with E-state index in [1.165, 1.54) is 12.1 Å². The highest BCUT2D eigenvalue weighted by Crippen LogP contribution is 2.48. The summed E-state index contributed by atoms with van der Waals surface area (Å²) < 4.78 is 208. The molecule has 0 fully saturated rings. The highest BCUT2D eigenvalue weighted by atomic mass is 19.2. The Morgan fingerprint density at radius 3 is 0.630 bits per heavy atom. The molecule has 16 heteroatoms. The van der Waals surface area contributed by atoms with E-state index >= 15 is 17.6 Å². The topological polar surface area (TPSA) is 6.48 Å². The van der Waals surface area contributed by atoms with Crippen molar-refractivity contribution in [2.45, 2.75) is 0 Å². The predicted octanol–water partition coefficient (Wildman–Crippen LogP) is 10.6. The van der Waals surface area contributed by atoms with Crippen LogP contribution in [0.25, 0.3) is 0 Å². The van der Waals surface area contributed by atoms with Crippen molar-refractivity contribution in [1.82, 2.24) is 0 Å². The number of nitrogens with zero attached hydrogens (tertiary/aromatic N) is 2. The first kappa shape index (κ1) is 32.1. The molecule has 5 rings (SSSR count). The molecule has 0 aliphatic heterocycles. The number of rotatable bonds is 6. The van der Waals surface area contributed by atoms with Crippen LogP contribution in [0, 0.1) is 81.4 Å². The Balaban J connectivity index is 1.91. The number of hydrogen-bond acceptors (Lipinski definition) is 2. The van der Waals surface area contributed by atoms with Crippen molar-refractivity contribution in [3.05, 3.63) is 142 Å². The SMILES string of the molecule is Fc1c(F)c(F)c(N(c2ccccc2)c2c(F)c(F)c(N(c3ccccc3)c3c(F)c(F)c(F)c(F)c3F)c(F)c2F)c(F)c1F. The average molecular weight is 664 g/mol. The third-order valence-electron chi connectivity index (χ3n) is 6.51. The van der Waals surface area contributed by atoms with Crippen LogP contribution >= 0.6 is 0 Å². The van der Waals surface area contributed by atoms with Crippen LogP contribution in [0.1, 0.15) is 0 Å². The molecule has 238 valence electrons. The molecule has 0 N–H and O–H groups in total. The Hall–Kier alpha value is -5.28. The number of benzene rings is 5. The maximum absolute atomic E-state index is 15.9. The fourth-order valence-corrected chi connectivity index (χ4v) is 4.47. The Labute approximate surface area is 247 Å². The average Bonchev–Trinajstić information content (AvgIpc) is 3.06. The van der Waals surface area contributed by atoms with Gasteiger partial charge in [0, 0.05) is 11.4 Å². The number of anilines is 6. The standard InChI is InChI=1S/C30H10F14N2/c31-13-15(33)19(37)27(20(38)16(13)34)45(11-7-3-1-4-8-11)29-23(41)25(43)30(26(44)24(29)42)46(12-9-5-2-6-10-12)28-21(39)17(35)14(32)18(36)22(28)40/h1-10H. The monoisotopic (exact) mass is 664 g/mol. The van der Waals surface area contributed by atoms with E-state index in [4.69, 9.17) is 0 Å². The zero-order valence-corrected chi connectivity index (χ0v) is 22.0. The van der Waals surface area contributed by atoms with Gasteiger partial charge in [-0.25, -0.2) is 61.5 Å². The first-order valence-corrected chi connectivity index (χ1v) is 12.3. The van der Waals surface area contributed by atoms with Crippen LogP contribution in [0.5, 0.6) is 0 Å². The molecule has 0 radical (unpaired) electrons. The van der Waals surface area contributed by atoms with Crippen molar-refractivity contribution in [2.75, 3.05) is 9.80 Å². The van der Waals surface area contributed by atoms with Crippen molar-refractivity contribution in [3.8, 4) is 0 Å². The Bertz CT molecular complexity index is 1770. The maximum atomic E-state index is 15.9. The first-order valence-electron chi connectivity index (χ1n) is 12.3. The van der Waals surface area contributed by atoms with Gasteiger partial charge in [0.05, 0.1) is 0 Å². The molecule has 0 heterocycles. The van der Waals surface area contributed by atoms with E-state index in [0.29, 0.717) is 0 Å². The highest BCUT2D eigenvalue weighted by molar-refractivity contribution is 5.83. The van der Waals surface area contributed by atoms with Crippen LogP contribution in [0.2, 0.25) is 0 Å². The minimum atomic E-state index is -2.70. The normalized spacial score (nSPS) is 11.3. The molecule has 0 bridgehead atoms. The van der Waals surface area contributed by atoms with E-state index < -0.39 is 125 Å². The second-order valence-electron chi connectivity index (χ2n) is 9.13. The predicted molar refractivity (Wildman–Crippen MR) is 135 cm³/mol. The third-order valence-corrected chi connectivity index (χ3v) is 6.51. The molecule has 0 aromatic heterocycles. The van der Waals surface area contributed by atoms with Crippen LogP contribution in [0.4, 0.5) is 95.6 Å². The molecule has 0 aliphatic rings. The lowest BCUT2D eigenvalue weighted by Gasteiger charge is -2.30. The summed E-state index contributed by atoms with van der Waals surface area (Å²) >= 11 is 0. The van der Waals surface area contributed by atoms with Crippen molar-refractivity contribution in [2.24, 2.45) is 0 Å². The summed E-state index contributed by atoms with van der Waals surface area (Å²) in [5, 5.41) is 0. The van der Waals surface area contributed by atoms with Crippen molar-refractivity contribution >= 4 is 34.1 Å². The molecule has 0 saturated carbocycles. The number of hydrogen-bond donors (Lipinski definition) is 0. The van der Waals surface area contributed by atoms with Gasteiger partial charge in [-0.1, -0.05) is 36.4 Å². The van der Waals surface area contributed by atoms with Crippen LogP contribution in [0.15, 0.2) is 60.7 Å². The molecule has 0 aliphatic carbocycles. The summed E-state index contributed by atoms with van der Waals surface area (Å²) in [7, 11) is 0. The zero-order chi connectivity index (χ0) is 33.8. The van der Waals surface area contributed by atoms with Gasteiger partial charge in [-0.05, 0) is 24.3 Å². The van der Waals surface area contributed by atoms with E-state index in [1.54, 1.807) is 0 Å². The van der Waals surface area contributed by atoms with Gasteiger partial charge in [0.25, 0.3) is 0 Å². The van der Waals surface area contributed by atoms with E-state index in [9.17, 15) is 43.9 Å². The molecular weight excluding hydrogens is 654 g/mol. The van der Waals surface area contributed by atoms with Gasteiger partial charge >= 0.3 is 0 Å². The molecule has 0 unspecified atom stereocenters. The molecule has 0 spiro atoms. The summed E-state index contributed by atoms with van der Waals surface area (Å²) in [6.07, 6.45) is 0. The fourth-order valence-electron chi connectivity index (χ4n) is 4.47. The lowest BCUT2D eigenvalue weighted by Crippen LogP contribution is -2.24. The third kappa shape index (κ3) is 4.84. The second-order valence-corrected chi connectivity index (χ2v) is 9.13. The van der Waals surface area contributed by atoms with Gasteiger partial charge in [-0.15, -0.1) is 0 Å². The van der Waals surface area contributed by atoms with E-state index in [-0.39, 0.29) is 0 Å². The lowest BCUT2D eigenvalue weighted by molar-refractivity contribution is 0.379. The fraction of sp³-hybridized carbons (Fsp3) is 0. The molecule has 0 atom stereocenters. The summed E-state index contributed by atoms with van der Waals surface area (Å²) in [6.45, 7) is 0. The van der Waals surface area contributed by atoms with E-state index in [1.807, 2.05) is 0 Å². The van der Waals surface area contributed by atoms with Crippen molar-refractivity contribution in [1.29, 1.82) is 0 Å². The molecule has 0 amide bonds. The van der Waals surface area contributed by atoms with Crippen LogP contribution < -0.4 is 9.80 Å². The maximum Gasteiger partial charge on any atom is 0.200 e. The van der Waals surface area contributed by atoms with Gasteiger partial charge in [-0.2, -0.15) is 0 Å². The summed E-state index contributed by atoms with van der Waals surface area (Å²) in [5.74, 6) is -37.3. The van der Waals surface area contributed by atoms with Crippen LogP contribution in [-0.2, 0) is 0 Å². The minimum Gasteiger partial charge on any atom is -0.300 e. The Morgan fingerprint density at radius 2 is 0.413 bits per heavy atom. The lowest BCUT2D eigenvalue weighted by atomic mass is 10.1. The van der Waals surface area contributed by atoms with E-state index in [2.05, 4.69) is 0 Å². The van der Waals surface area contributed by atoms with E-state index in [0.717, 1.165) is 48.5 Å². The number of halogens is 14. The largest absolute Gasteiger partial charge is 0.300 e. The van der Waals surface area contributed by atoms with Gasteiger partial charge in [0.1, 0.15) is 22.7 Å². The molecular formula is C30H10F14N2. The molecule has 46 heavy (non-hydrogen) atoms. The molecule has 0 saturated heterocycles. The Kier molecular flexibility index (Phi) is 8.31. The smallest absolute Gasteiger partial charge is 0.200 e. The van der Waals surface area contributed by atoms with Gasteiger partial charge in [0.15, 0.2) is 69.8 Å². The Morgan fingerprint density at radius 1 is 0.239 bits per heavy atom. The first-order chi connectivity index (χ1) is 21.7. The highest BCUT2D eigenvalue weighted by Gasteiger charge is 2.40.